The highest BCUT2D eigenvalue weighted by Gasteiger charge is 2.04. The maximum atomic E-state index is 5.86. The van der Waals surface area contributed by atoms with Crippen molar-refractivity contribution >= 4 is 45.7 Å². The fraction of sp³-hybridized carbons (Fsp3) is 0.0667. The predicted molar refractivity (Wildman–Crippen MR) is 85.6 cm³/mol. The molecule has 0 aliphatic rings. The molecule has 0 aliphatic carbocycles. The normalized spacial score (nSPS) is 10.9. The summed E-state index contributed by atoms with van der Waals surface area (Å²) in [6.07, 6.45) is 0. The van der Waals surface area contributed by atoms with Crippen LogP contribution in [-0.2, 0) is 5.75 Å². The minimum Gasteiger partial charge on any atom is -0.211 e. The van der Waals surface area contributed by atoms with E-state index in [1.54, 1.807) is 0 Å². The van der Waals surface area contributed by atoms with Crippen molar-refractivity contribution in [2.24, 2.45) is 0 Å². The first-order valence-corrected chi connectivity index (χ1v) is 7.75. The first-order valence-electron chi connectivity index (χ1n) is 6.01. The van der Waals surface area contributed by atoms with Gasteiger partial charge in [-0.1, -0.05) is 77.4 Å². The number of halogens is 2. The van der Waals surface area contributed by atoms with Gasteiger partial charge in [-0.2, -0.15) is 0 Å². The van der Waals surface area contributed by atoms with Gasteiger partial charge in [0.05, 0.1) is 0 Å². The standard InChI is InChI=1S/C15H10Cl2N2S/c16-13-8-14(17)19-15(18-13)20-9-10-5-6-11-3-1-2-4-12(11)7-10/h1-8H,9H2. The Morgan fingerprint density at radius 2 is 1.55 bits per heavy atom. The zero-order valence-electron chi connectivity index (χ0n) is 10.4. The number of hydrogen-bond donors (Lipinski definition) is 0. The molecule has 0 N–H and O–H groups in total. The molecule has 0 aliphatic heterocycles. The summed E-state index contributed by atoms with van der Waals surface area (Å²) in [5.41, 5.74) is 1.22. The molecule has 1 aromatic heterocycles. The number of nitrogens with zero attached hydrogens (tertiary/aromatic N) is 2. The quantitative estimate of drug-likeness (QED) is 0.375. The van der Waals surface area contributed by atoms with Crippen LogP contribution in [0.15, 0.2) is 53.7 Å². The SMILES string of the molecule is Clc1cc(Cl)nc(SCc2ccc3ccccc3c2)n1. The molecule has 0 radical (unpaired) electrons. The van der Waals surface area contributed by atoms with Gasteiger partial charge >= 0.3 is 0 Å². The highest BCUT2D eigenvalue weighted by molar-refractivity contribution is 7.98. The Hall–Kier alpha value is -1.29. The van der Waals surface area contributed by atoms with Gasteiger partial charge in [0.15, 0.2) is 5.16 Å². The van der Waals surface area contributed by atoms with E-state index in [0.29, 0.717) is 15.5 Å². The van der Waals surface area contributed by atoms with Crippen molar-refractivity contribution in [3.8, 4) is 0 Å². The fourth-order valence-electron chi connectivity index (χ4n) is 1.91. The first kappa shape index (κ1) is 13.7. The van der Waals surface area contributed by atoms with Crippen LogP contribution in [0.3, 0.4) is 0 Å². The molecule has 100 valence electrons. The smallest absolute Gasteiger partial charge is 0.190 e. The van der Waals surface area contributed by atoms with Crippen LogP contribution in [0, 0.1) is 0 Å². The molecule has 1 heterocycles. The van der Waals surface area contributed by atoms with Gasteiger partial charge in [0, 0.05) is 11.8 Å². The molecule has 2 aromatic carbocycles. The van der Waals surface area contributed by atoms with Crippen molar-refractivity contribution in [1.29, 1.82) is 0 Å². The van der Waals surface area contributed by atoms with E-state index >= 15 is 0 Å². The van der Waals surface area contributed by atoms with E-state index in [1.807, 2.05) is 12.1 Å². The summed E-state index contributed by atoms with van der Waals surface area (Å²) in [4.78, 5) is 8.29. The van der Waals surface area contributed by atoms with Crippen LogP contribution >= 0.6 is 35.0 Å². The zero-order chi connectivity index (χ0) is 13.9. The first-order chi connectivity index (χ1) is 9.70. The monoisotopic (exact) mass is 320 g/mol. The van der Waals surface area contributed by atoms with E-state index in [0.717, 1.165) is 5.75 Å². The number of fused-ring (bicyclic) bond motifs is 1. The largest absolute Gasteiger partial charge is 0.211 e. The number of thioether (sulfide) groups is 1. The van der Waals surface area contributed by atoms with Gasteiger partial charge in [0.2, 0.25) is 0 Å². The third kappa shape index (κ3) is 3.23. The second kappa shape index (κ2) is 6.00. The van der Waals surface area contributed by atoms with Crippen LogP contribution in [0.1, 0.15) is 5.56 Å². The number of hydrogen-bond acceptors (Lipinski definition) is 3. The van der Waals surface area contributed by atoms with Crippen molar-refractivity contribution in [2.75, 3.05) is 0 Å². The molecule has 2 nitrogen and oxygen atoms in total. The van der Waals surface area contributed by atoms with Gasteiger partial charge in [0.1, 0.15) is 10.3 Å². The Morgan fingerprint density at radius 1 is 0.850 bits per heavy atom. The Morgan fingerprint density at radius 3 is 2.30 bits per heavy atom. The fourth-order valence-corrected chi connectivity index (χ4v) is 3.24. The molecule has 0 bridgehead atoms. The molecule has 0 saturated heterocycles. The summed E-state index contributed by atoms with van der Waals surface area (Å²) in [6.45, 7) is 0. The molecule has 0 saturated carbocycles. The topological polar surface area (TPSA) is 25.8 Å². The third-order valence-electron chi connectivity index (χ3n) is 2.82. The molecule has 0 atom stereocenters. The second-order valence-electron chi connectivity index (χ2n) is 4.27. The predicted octanol–water partition coefficient (Wildman–Crippen LogP) is 5.23. The molecule has 0 unspecified atom stereocenters. The van der Waals surface area contributed by atoms with Crippen LogP contribution in [0.5, 0.6) is 0 Å². The number of benzene rings is 2. The number of aromatic nitrogens is 2. The molecule has 3 rings (SSSR count). The molecule has 5 heteroatoms. The van der Waals surface area contributed by atoms with Gasteiger partial charge in [-0.3, -0.25) is 0 Å². The van der Waals surface area contributed by atoms with Crippen molar-refractivity contribution in [2.45, 2.75) is 10.9 Å². The Labute approximate surface area is 131 Å². The Bertz CT molecular complexity index is 741. The van der Waals surface area contributed by atoms with Crippen LogP contribution in [0.2, 0.25) is 10.3 Å². The summed E-state index contributed by atoms with van der Waals surface area (Å²) in [5, 5.41) is 3.80. The van der Waals surface area contributed by atoms with E-state index in [2.05, 4.69) is 40.3 Å². The van der Waals surface area contributed by atoms with E-state index in [9.17, 15) is 0 Å². The lowest BCUT2D eigenvalue weighted by Gasteiger charge is -2.04. The van der Waals surface area contributed by atoms with Crippen molar-refractivity contribution in [3.63, 3.8) is 0 Å². The van der Waals surface area contributed by atoms with Crippen LogP contribution in [0.25, 0.3) is 10.8 Å². The van der Waals surface area contributed by atoms with Crippen LogP contribution < -0.4 is 0 Å². The molecule has 20 heavy (non-hydrogen) atoms. The lowest BCUT2D eigenvalue weighted by Crippen LogP contribution is -1.89. The minimum absolute atomic E-state index is 0.367. The average Bonchev–Trinajstić information content (AvgIpc) is 2.44. The summed E-state index contributed by atoms with van der Waals surface area (Å²) >= 11 is 13.2. The van der Waals surface area contributed by atoms with Gasteiger partial charge in [0.25, 0.3) is 0 Å². The van der Waals surface area contributed by atoms with Crippen molar-refractivity contribution in [3.05, 3.63) is 64.4 Å². The molecule has 3 aromatic rings. The van der Waals surface area contributed by atoms with E-state index in [4.69, 9.17) is 23.2 Å². The Balaban J connectivity index is 1.79. The van der Waals surface area contributed by atoms with Gasteiger partial charge in [-0.05, 0) is 16.3 Å². The molecule has 0 spiro atoms. The summed E-state index contributed by atoms with van der Waals surface area (Å²) in [5.74, 6) is 0.779. The Kier molecular flexibility index (Phi) is 4.10. The molecular weight excluding hydrogens is 311 g/mol. The van der Waals surface area contributed by atoms with E-state index < -0.39 is 0 Å². The van der Waals surface area contributed by atoms with Gasteiger partial charge < -0.3 is 0 Å². The third-order valence-corrected chi connectivity index (χ3v) is 4.13. The lowest BCUT2D eigenvalue weighted by molar-refractivity contribution is 0.967. The summed E-state index contributed by atoms with van der Waals surface area (Å²) in [6, 6.07) is 16.2. The van der Waals surface area contributed by atoms with Gasteiger partial charge in [-0.15, -0.1) is 0 Å². The highest BCUT2D eigenvalue weighted by Crippen LogP contribution is 2.24. The minimum atomic E-state index is 0.367. The van der Waals surface area contributed by atoms with Crippen LogP contribution in [0.4, 0.5) is 0 Å². The summed E-state index contributed by atoms with van der Waals surface area (Å²) < 4.78 is 0. The second-order valence-corrected chi connectivity index (χ2v) is 5.98. The molecular formula is C15H10Cl2N2S. The van der Waals surface area contributed by atoms with E-state index in [-0.39, 0.29) is 0 Å². The average molecular weight is 321 g/mol. The number of rotatable bonds is 3. The molecule has 0 fully saturated rings. The van der Waals surface area contributed by atoms with Crippen molar-refractivity contribution in [1.82, 2.24) is 9.97 Å². The zero-order valence-corrected chi connectivity index (χ0v) is 12.7. The van der Waals surface area contributed by atoms with E-state index in [1.165, 1.54) is 34.2 Å². The van der Waals surface area contributed by atoms with Gasteiger partial charge in [-0.25, -0.2) is 9.97 Å². The summed E-state index contributed by atoms with van der Waals surface area (Å²) in [7, 11) is 0. The lowest BCUT2D eigenvalue weighted by atomic mass is 10.1. The maximum absolute atomic E-state index is 5.86. The van der Waals surface area contributed by atoms with Crippen LogP contribution in [-0.4, -0.2) is 9.97 Å². The molecule has 0 amide bonds. The van der Waals surface area contributed by atoms with Crippen molar-refractivity contribution < 1.29 is 0 Å². The highest BCUT2D eigenvalue weighted by atomic mass is 35.5. The maximum Gasteiger partial charge on any atom is 0.190 e.